The molecule has 0 aliphatic carbocycles. The maximum Gasteiger partial charge on any atom is 0.433 e. The highest BCUT2D eigenvalue weighted by molar-refractivity contribution is 7.09. The van der Waals surface area contributed by atoms with Gasteiger partial charge in [-0.2, -0.15) is 18.3 Å². The van der Waals surface area contributed by atoms with Gasteiger partial charge in [-0.05, 0) is 44.2 Å². The van der Waals surface area contributed by atoms with Gasteiger partial charge in [0.1, 0.15) is 28.7 Å². The summed E-state index contributed by atoms with van der Waals surface area (Å²) in [5, 5.41) is 14.5. The van der Waals surface area contributed by atoms with Crippen LogP contribution in [0.25, 0.3) is 5.65 Å². The first-order chi connectivity index (χ1) is 25.1. The van der Waals surface area contributed by atoms with Gasteiger partial charge in [0.05, 0.1) is 12.6 Å². The van der Waals surface area contributed by atoms with Crippen molar-refractivity contribution in [3.05, 3.63) is 99.0 Å². The van der Waals surface area contributed by atoms with E-state index in [1.54, 1.807) is 12.3 Å². The molecule has 0 spiro atoms. The zero-order valence-corrected chi connectivity index (χ0v) is 29.9. The largest absolute Gasteiger partial charge is 0.446 e. The molecule has 3 N–H and O–H groups in total. The lowest BCUT2D eigenvalue weighted by Gasteiger charge is -2.29. The lowest BCUT2D eigenvalue weighted by Crippen LogP contribution is -2.50. The average molecular weight is 752 g/mol. The molecule has 5 aromatic rings. The van der Waals surface area contributed by atoms with Crippen LogP contribution in [-0.4, -0.2) is 72.2 Å². The predicted octanol–water partition coefficient (Wildman–Crippen LogP) is 4.69. The Morgan fingerprint density at radius 2 is 1.75 bits per heavy atom. The average Bonchev–Trinajstić information content (AvgIpc) is 3.87. The number of hydrogen-bond donors (Lipinski definition) is 3. The summed E-state index contributed by atoms with van der Waals surface area (Å²) in [6.07, 6.45) is -3.03. The molecular weight excluding hydrogens is 716 g/mol. The van der Waals surface area contributed by atoms with E-state index >= 15 is 0 Å². The Kier molecular flexibility index (Phi) is 10.6. The standard InChI is InChI=1S/C35H36F3N9O5S/c1-18(2)10-22-14-46(34(51)24-13-28-39-19(3)11-27(35(36,37)38)47(28)45-24)15-29(48)42-23(12-21-8-6-5-7-9-21)33-44-26(17-53-33)31(50)40-20(4)32-43-25(16-52-32)30(49)41-22/h5-9,11,13,16-18,20,22-23H,10,12,14-15H2,1-4H3,(H,40,50)(H,41,49)(H,42,48)/t20-,22-,23-/m1/s1. The Labute approximate surface area is 305 Å². The van der Waals surface area contributed by atoms with Crippen LogP contribution in [-0.2, 0) is 17.4 Å². The molecule has 0 unspecified atom stereocenters. The van der Waals surface area contributed by atoms with Gasteiger partial charge in [-0.3, -0.25) is 19.2 Å². The van der Waals surface area contributed by atoms with Crippen molar-refractivity contribution in [2.45, 2.75) is 64.8 Å². The Hall–Kier alpha value is -5.65. The highest BCUT2D eigenvalue weighted by atomic mass is 32.1. The minimum absolute atomic E-state index is 0.00175. The number of aromatic nitrogens is 5. The van der Waals surface area contributed by atoms with Crippen LogP contribution in [0, 0.1) is 12.8 Å². The van der Waals surface area contributed by atoms with Crippen LogP contribution in [0.5, 0.6) is 0 Å². The summed E-state index contributed by atoms with van der Waals surface area (Å²) in [4.78, 5) is 68.8. The molecule has 4 bridgehead atoms. The highest BCUT2D eigenvalue weighted by Gasteiger charge is 2.36. The number of halogens is 3. The molecule has 18 heteroatoms. The molecule has 1 aliphatic heterocycles. The van der Waals surface area contributed by atoms with Crippen molar-refractivity contribution >= 4 is 40.6 Å². The number of carbonyl (C=O) groups excluding carboxylic acids is 4. The highest BCUT2D eigenvalue weighted by Crippen LogP contribution is 2.30. The van der Waals surface area contributed by atoms with Gasteiger partial charge in [-0.1, -0.05) is 44.2 Å². The number of thiazole rings is 1. The fraction of sp³-hybridized carbons (Fsp3) is 0.371. The van der Waals surface area contributed by atoms with Gasteiger partial charge in [0.15, 0.2) is 17.0 Å². The fourth-order valence-corrected chi connectivity index (χ4v) is 6.85. The predicted molar refractivity (Wildman–Crippen MR) is 185 cm³/mol. The van der Waals surface area contributed by atoms with E-state index in [1.807, 2.05) is 44.2 Å². The number of nitrogens with one attached hydrogen (secondary N) is 3. The molecule has 0 saturated carbocycles. The monoisotopic (exact) mass is 751 g/mol. The summed E-state index contributed by atoms with van der Waals surface area (Å²) in [6.45, 7) is 6.05. The molecule has 5 heterocycles. The number of rotatable bonds is 5. The minimum atomic E-state index is -4.80. The van der Waals surface area contributed by atoms with Crippen LogP contribution in [0.4, 0.5) is 13.2 Å². The van der Waals surface area contributed by atoms with E-state index in [-0.39, 0.29) is 53.2 Å². The van der Waals surface area contributed by atoms with Gasteiger partial charge < -0.3 is 25.3 Å². The maximum atomic E-state index is 14.2. The molecule has 14 nitrogen and oxygen atoms in total. The number of alkyl halides is 3. The molecule has 6 rings (SSSR count). The maximum absolute atomic E-state index is 14.2. The third-order valence-electron chi connectivity index (χ3n) is 8.36. The molecule has 0 radical (unpaired) electrons. The van der Waals surface area contributed by atoms with Crippen LogP contribution in [0.2, 0.25) is 0 Å². The van der Waals surface area contributed by atoms with Gasteiger partial charge in [0.25, 0.3) is 17.7 Å². The lowest BCUT2D eigenvalue weighted by molar-refractivity contribution is -0.142. The summed E-state index contributed by atoms with van der Waals surface area (Å²) in [5.74, 6) is -2.59. The SMILES string of the molecule is Cc1cc(C(F)(F)F)n2nc(C(=O)N3CC(=O)N[C@H](Cc4ccccc4)c4nc(cs4)C(=O)N[C@H](C)c4nc(co4)C(=O)N[C@H](CC(C)C)C3)cc2n1. The van der Waals surface area contributed by atoms with E-state index in [0.29, 0.717) is 15.9 Å². The van der Waals surface area contributed by atoms with Crippen LogP contribution >= 0.6 is 11.3 Å². The molecule has 4 amide bonds. The molecule has 53 heavy (non-hydrogen) atoms. The first-order valence-electron chi connectivity index (χ1n) is 16.7. The fourth-order valence-electron chi connectivity index (χ4n) is 6.00. The molecule has 4 aromatic heterocycles. The van der Waals surface area contributed by atoms with Crippen LogP contribution in [0.3, 0.4) is 0 Å². The number of oxazole rings is 1. The van der Waals surface area contributed by atoms with Crippen molar-refractivity contribution in [2.24, 2.45) is 5.92 Å². The van der Waals surface area contributed by atoms with E-state index < -0.39 is 60.2 Å². The van der Waals surface area contributed by atoms with Crippen LogP contribution in [0.1, 0.15) is 98.6 Å². The Bertz CT molecular complexity index is 2150. The minimum Gasteiger partial charge on any atom is -0.446 e. The number of fused-ring (bicyclic) bond motifs is 5. The molecule has 0 fully saturated rings. The van der Waals surface area contributed by atoms with Crippen molar-refractivity contribution < 1.29 is 36.8 Å². The second-order valence-corrected chi connectivity index (χ2v) is 14.1. The van der Waals surface area contributed by atoms with Crippen molar-refractivity contribution in [1.82, 2.24) is 45.4 Å². The van der Waals surface area contributed by atoms with E-state index in [9.17, 15) is 32.3 Å². The smallest absolute Gasteiger partial charge is 0.433 e. The molecule has 1 aliphatic rings. The number of aryl methyl sites for hydroxylation is 1. The first-order valence-corrected chi connectivity index (χ1v) is 17.6. The van der Waals surface area contributed by atoms with E-state index in [1.165, 1.54) is 6.92 Å². The first kappa shape index (κ1) is 37.1. The van der Waals surface area contributed by atoms with E-state index in [0.717, 1.165) is 40.2 Å². The number of amides is 4. The number of hydrogen-bond acceptors (Lipinski definition) is 10. The van der Waals surface area contributed by atoms with Gasteiger partial charge in [-0.15, -0.1) is 11.3 Å². The van der Waals surface area contributed by atoms with Crippen LogP contribution in [0.15, 0.2) is 58.5 Å². The summed E-state index contributed by atoms with van der Waals surface area (Å²) < 4.78 is 48.0. The second-order valence-electron chi connectivity index (χ2n) is 13.2. The third kappa shape index (κ3) is 8.70. The Morgan fingerprint density at radius 1 is 1.02 bits per heavy atom. The second kappa shape index (κ2) is 15.1. The van der Waals surface area contributed by atoms with Crippen molar-refractivity contribution in [3.63, 3.8) is 0 Å². The van der Waals surface area contributed by atoms with Gasteiger partial charge in [0, 0.05) is 29.7 Å². The van der Waals surface area contributed by atoms with Crippen molar-refractivity contribution in [1.29, 1.82) is 0 Å². The molecule has 3 atom stereocenters. The van der Waals surface area contributed by atoms with Gasteiger partial charge in [0.2, 0.25) is 11.8 Å². The van der Waals surface area contributed by atoms with E-state index in [4.69, 9.17) is 4.42 Å². The topological polar surface area (TPSA) is 177 Å². The van der Waals surface area contributed by atoms with Gasteiger partial charge in [-0.25, -0.2) is 19.5 Å². The Balaban J connectivity index is 1.41. The number of carbonyl (C=O) groups is 4. The van der Waals surface area contributed by atoms with Crippen molar-refractivity contribution in [3.8, 4) is 0 Å². The zero-order chi connectivity index (χ0) is 38.0. The number of benzene rings is 1. The van der Waals surface area contributed by atoms with Gasteiger partial charge >= 0.3 is 6.18 Å². The summed E-state index contributed by atoms with van der Waals surface area (Å²) >= 11 is 1.16. The normalized spacial score (nSPS) is 19.1. The lowest BCUT2D eigenvalue weighted by atomic mass is 10.0. The molecule has 278 valence electrons. The molecular formula is C35H36F3N9O5S. The molecule has 0 saturated heterocycles. The summed E-state index contributed by atoms with van der Waals surface area (Å²) in [7, 11) is 0. The van der Waals surface area contributed by atoms with Crippen molar-refractivity contribution in [2.75, 3.05) is 13.1 Å². The van der Waals surface area contributed by atoms with E-state index in [2.05, 4.69) is 36.0 Å². The summed E-state index contributed by atoms with van der Waals surface area (Å²) in [5.41, 5.74) is -0.800. The number of nitrogens with zero attached hydrogens (tertiary/aromatic N) is 6. The zero-order valence-electron chi connectivity index (χ0n) is 29.1. The summed E-state index contributed by atoms with van der Waals surface area (Å²) in [6, 6.07) is 8.99. The molecule has 1 aromatic carbocycles. The third-order valence-corrected chi connectivity index (χ3v) is 9.32. The Morgan fingerprint density at radius 3 is 2.47 bits per heavy atom. The quantitative estimate of drug-likeness (QED) is 0.230. The van der Waals surface area contributed by atoms with Crippen LogP contribution < -0.4 is 16.0 Å².